The highest BCUT2D eigenvalue weighted by atomic mass is 19.1. The fraction of sp³-hybridized carbons (Fsp3) is 0.105. The number of halogens is 1. The lowest BCUT2D eigenvalue weighted by Gasteiger charge is -2.02. The maximum Gasteiger partial charge on any atom is 0.258 e. The molecular weight excluding hydrogens is 333 g/mol. The van der Waals surface area contributed by atoms with Crippen molar-refractivity contribution in [3.05, 3.63) is 82.4 Å². The van der Waals surface area contributed by atoms with E-state index in [4.69, 9.17) is 5.73 Å². The average Bonchev–Trinajstić information content (AvgIpc) is 3.19. The van der Waals surface area contributed by atoms with Gasteiger partial charge in [0.2, 0.25) is 0 Å². The van der Waals surface area contributed by atoms with Crippen molar-refractivity contribution in [1.82, 2.24) is 20.2 Å². The quantitative estimate of drug-likeness (QED) is 0.517. The van der Waals surface area contributed by atoms with E-state index < -0.39 is 0 Å². The molecule has 0 radical (unpaired) electrons. The normalized spacial score (nSPS) is 10.4. The predicted molar refractivity (Wildman–Crippen MR) is 99.0 cm³/mol. The van der Waals surface area contributed by atoms with E-state index >= 15 is 0 Å². The Morgan fingerprint density at radius 3 is 2.50 bits per heavy atom. The van der Waals surface area contributed by atoms with E-state index in [1.54, 1.807) is 30.6 Å². The largest absolute Gasteiger partial charge is 0.324 e. The maximum atomic E-state index is 12.1. The first-order valence-corrected chi connectivity index (χ1v) is 8.01. The van der Waals surface area contributed by atoms with Gasteiger partial charge in [0.05, 0.1) is 23.6 Å². The second-order valence-corrected chi connectivity index (χ2v) is 5.73. The van der Waals surface area contributed by atoms with E-state index in [2.05, 4.69) is 20.2 Å². The molecule has 0 saturated carbocycles. The standard InChI is InChI=1S/C12H11N5O.C7H7F/c13-4-11-16-10-2-1-7(8-5-14-15-6-8)3-9(10)12(18)17-11;1-6-2-4-7(8)5-3-6/h1-3,5-6H,4,13H2,(H,14,15)(H,16,17,18);2-5H,1H3. The van der Waals surface area contributed by atoms with Crippen molar-refractivity contribution in [3.63, 3.8) is 0 Å². The summed E-state index contributed by atoms with van der Waals surface area (Å²) in [4.78, 5) is 18.8. The van der Waals surface area contributed by atoms with Crippen molar-refractivity contribution in [2.24, 2.45) is 5.73 Å². The summed E-state index contributed by atoms with van der Waals surface area (Å²) >= 11 is 0. The third kappa shape index (κ3) is 4.01. The van der Waals surface area contributed by atoms with E-state index in [0.29, 0.717) is 16.7 Å². The first kappa shape index (κ1) is 17.5. The van der Waals surface area contributed by atoms with Gasteiger partial charge < -0.3 is 10.7 Å². The molecule has 6 nitrogen and oxygen atoms in total. The lowest BCUT2D eigenvalue weighted by Crippen LogP contribution is -2.14. The summed E-state index contributed by atoms with van der Waals surface area (Å²) in [5.41, 5.74) is 8.88. The minimum atomic E-state index is -0.175. The highest BCUT2D eigenvalue weighted by Gasteiger charge is 2.06. The number of H-pyrrole nitrogens is 2. The van der Waals surface area contributed by atoms with Crippen LogP contribution in [0.25, 0.3) is 22.0 Å². The Hall–Kier alpha value is -3.32. The monoisotopic (exact) mass is 351 g/mol. The molecule has 0 bridgehead atoms. The SMILES string of the molecule is Cc1ccc(F)cc1.NCc1nc2ccc(-c3cn[nH]c3)cc2c(=O)[nH]1. The molecule has 0 atom stereocenters. The number of nitrogens with two attached hydrogens (primary N) is 1. The van der Waals surface area contributed by atoms with Crippen LogP contribution in [0.15, 0.2) is 59.7 Å². The summed E-state index contributed by atoms with van der Waals surface area (Å²) in [6.45, 7) is 2.15. The Morgan fingerprint density at radius 2 is 1.88 bits per heavy atom. The van der Waals surface area contributed by atoms with E-state index in [0.717, 1.165) is 16.7 Å². The maximum absolute atomic E-state index is 12.1. The van der Waals surface area contributed by atoms with Crippen LogP contribution in [0.4, 0.5) is 4.39 Å². The van der Waals surface area contributed by atoms with Gasteiger partial charge in [0.1, 0.15) is 11.6 Å². The zero-order chi connectivity index (χ0) is 18.5. The molecule has 0 unspecified atom stereocenters. The van der Waals surface area contributed by atoms with Crippen LogP contribution in [0.5, 0.6) is 0 Å². The lowest BCUT2D eigenvalue weighted by molar-refractivity contribution is 0.627. The van der Waals surface area contributed by atoms with Crippen molar-refractivity contribution in [1.29, 1.82) is 0 Å². The number of nitrogens with zero attached hydrogens (tertiary/aromatic N) is 2. The average molecular weight is 351 g/mol. The number of aromatic nitrogens is 4. The molecule has 26 heavy (non-hydrogen) atoms. The lowest BCUT2D eigenvalue weighted by atomic mass is 10.1. The number of fused-ring (bicyclic) bond motifs is 1. The van der Waals surface area contributed by atoms with Crippen molar-refractivity contribution in [2.45, 2.75) is 13.5 Å². The molecule has 2 aromatic heterocycles. The summed E-state index contributed by atoms with van der Waals surface area (Å²) in [7, 11) is 0. The zero-order valence-electron chi connectivity index (χ0n) is 14.2. The van der Waals surface area contributed by atoms with Crippen molar-refractivity contribution >= 4 is 10.9 Å². The van der Waals surface area contributed by atoms with Gasteiger partial charge in [0.25, 0.3) is 5.56 Å². The van der Waals surface area contributed by atoms with Crippen LogP contribution in [-0.2, 0) is 6.54 Å². The fourth-order valence-corrected chi connectivity index (χ4v) is 2.41. The topological polar surface area (TPSA) is 100 Å². The number of rotatable bonds is 2. The van der Waals surface area contributed by atoms with Crippen LogP contribution in [0.1, 0.15) is 11.4 Å². The first-order valence-electron chi connectivity index (χ1n) is 8.01. The molecule has 0 saturated heterocycles. The van der Waals surface area contributed by atoms with Crippen LogP contribution in [0.2, 0.25) is 0 Å². The smallest absolute Gasteiger partial charge is 0.258 e. The van der Waals surface area contributed by atoms with E-state index in [1.165, 1.54) is 12.1 Å². The molecule has 0 spiro atoms. The number of nitrogens with one attached hydrogen (secondary N) is 2. The van der Waals surface area contributed by atoms with Gasteiger partial charge in [0.15, 0.2) is 0 Å². The Bertz CT molecular complexity index is 1030. The molecule has 0 fully saturated rings. The van der Waals surface area contributed by atoms with Gasteiger partial charge in [-0.25, -0.2) is 9.37 Å². The summed E-state index contributed by atoms with van der Waals surface area (Å²) in [6.07, 6.45) is 3.48. The van der Waals surface area contributed by atoms with Crippen LogP contribution in [0.3, 0.4) is 0 Å². The Morgan fingerprint density at radius 1 is 1.12 bits per heavy atom. The van der Waals surface area contributed by atoms with Crippen LogP contribution in [-0.4, -0.2) is 20.2 Å². The summed E-state index contributed by atoms with van der Waals surface area (Å²) < 4.78 is 12.1. The molecule has 132 valence electrons. The molecule has 7 heteroatoms. The van der Waals surface area contributed by atoms with E-state index in [9.17, 15) is 9.18 Å². The molecule has 0 aliphatic carbocycles. The van der Waals surface area contributed by atoms with Crippen molar-refractivity contribution in [3.8, 4) is 11.1 Å². The predicted octanol–water partition coefficient (Wildman–Crippen LogP) is 2.91. The first-order chi connectivity index (χ1) is 12.6. The Labute approximate surface area is 148 Å². The van der Waals surface area contributed by atoms with Gasteiger partial charge in [0, 0.05) is 11.8 Å². The number of aromatic amines is 2. The van der Waals surface area contributed by atoms with Gasteiger partial charge in [-0.15, -0.1) is 0 Å². The van der Waals surface area contributed by atoms with Crippen LogP contribution >= 0.6 is 0 Å². The molecule has 4 N–H and O–H groups in total. The third-order valence-electron chi connectivity index (χ3n) is 3.79. The summed E-state index contributed by atoms with van der Waals surface area (Å²) in [5.74, 6) is 0.319. The number of hydrogen-bond acceptors (Lipinski definition) is 4. The highest BCUT2D eigenvalue weighted by molar-refractivity contribution is 5.83. The summed E-state index contributed by atoms with van der Waals surface area (Å²) in [6, 6.07) is 11.9. The fourth-order valence-electron chi connectivity index (χ4n) is 2.41. The third-order valence-corrected chi connectivity index (χ3v) is 3.79. The van der Waals surface area contributed by atoms with Gasteiger partial charge >= 0.3 is 0 Å². The Kier molecular flexibility index (Phi) is 5.19. The van der Waals surface area contributed by atoms with Gasteiger partial charge in [-0.05, 0) is 36.8 Å². The molecular formula is C19H18FN5O. The van der Waals surface area contributed by atoms with Crippen LogP contribution in [0, 0.1) is 12.7 Å². The molecule has 2 aromatic carbocycles. The zero-order valence-corrected chi connectivity index (χ0v) is 14.2. The number of hydrogen-bond donors (Lipinski definition) is 3. The molecule has 0 amide bonds. The molecule has 2 heterocycles. The van der Waals surface area contributed by atoms with Crippen molar-refractivity contribution in [2.75, 3.05) is 0 Å². The highest BCUT2D eigenvalue weighted by Crippen LogP contribution is 2.20. The van der Waals surface area contributed by atoms with Crippen molar-refractivity contribution < 1.29 is 4.39 Å². The van der Waals surface area contributed by atoms with Crippen LogP contribution < -0.4 is 11.3 Å². The van der Waals surface area contributed by atoms with Gasteiger partial charge in [-0.1, -0.05) is 23.8 Å². The molecule has 0 aliphatic rings. The minimum Gasteiger partial charge on any atom is -0.324 e. The molecule has 4 rings (SSSR count). The second-order valence-electron chi connectivity index (χ2n) is 5.73. The van der Waals surface area contributed by atoms with Gasteiger partial charge in [-0.3, -0.25) is 9.89 Å². The number of aryl methyl sites for hydroxylation is 1. The molecule has 4 aromatic rings. The second kappa shape index (κ2) is 7.71. The summed E-state index contributed by atoms with van der Waals surface area (Å²) in [5, 5.41) is 7.17. The minimum absolute atomic E-state index is 0.171. The number of benzene rings is 2. The Balaban J connectivity index is 0.000000206. The molecule has 0 aliphatic heterocycles. The van der Waals surface area contributed by atoms with E-state index in [-0.39, 0.29) is 17.9 Å². The van der Waals surface area contributed by atoms with E-state index in [1.807, 2.05) is 19.1 Å². The van der Waals surface area contributed by atoms with Gasteiger partial charge in [-0.2, -0.15) is 5.10 Å².